The van der Waals surface area contributed by atoms with Crippen LogP contribution in [0.3, 0.4) is 0 Å². The lowest BCUT2D eigenvalue weighted by Gasteiger charge is -2.34. The van der Waals surface area contributed by atoms with Gasteiger partial charge in [-0.25, -0.2) is 4.79 Å². The van der Waals surface area contributed by atoms with Gasteiger partial charge in [-0.2, -0.15) is 0 Å². The van der Waals surface area contributed by atoms with E-state index in [1.807, 2.05) is 18.7 Å². The highest BCUT2D eigenvalue weighted by molar-refractivity contribution is 5.84. The maximum absolute atomic E-state index is 11.8. The first-order valence-corrected chi connectivity index (χ1v) is 6.57. The molecule has 1 heterocycles. The van der Waals surface area contributed by atoms with Gasteiger partial charge in [0, 0.05) is 32.2 Å². The van der Waals surface area contributed by atoms with Crippen LogP contribution in [0.25, 0.3) is 0 Å². The maximum atomic E-state index is 11.8. The Kier molecular flexibility index (Phi) is 5.91. The highest BCUT2D eigenvalue weighted by Crippen LogP contribution is 2.00. The predicted octanol–water partition coefficient (Wildman–Crippen LogP) is -0.142. The van der Waals surface area contributed by atoms with Gasteiger partial charge in [-0.3, -0.25) is 4.79 Å². The molecule has 1 rings (SSSR count). The first kappa shape index (κ1) is 14.8. The van der Waals surface area contributed by atoms with Gasteiger partial charge < -0.3 is 20.4 Å². The number of rotatable bonds is 4. The lowest BCUT2D eigenvalue weighted by atomic mass is 10.3. The first-order valence-electron chi connectivity index (χ1n) is 6.57. The molecular weight excluding hydrogens is 232 g/mol. The van der Waals surface area contributed by atoms with Crippen molar-refractivity contribution in [3.63, 3.8) is 0 Å². The molecule has 6 nitrogen and oxygen atoms in total. The van der Waals surface area contributed by atoms with E-state index in [-0.39, 0.29) is 24.5 Å². The van der Waals surface area contributed by atoms with Gasteiger partial charge in [0.15, 0.2) is 0 Å². The number of amides is 3. The van der Waals surface area contributed by atoms with Crippen molar-refractivity contribution < 1.29 is 9.59 Å². The Balaban J connectivity index is 2.23. The maximum Gasteiger partial charge on any atom is 0.315 e. The Bertz CT molecular complexity index is 286. The second-order valence-corrected chi connectivity index (χ2v) is 4.80. The number of piperazine rings is 1. The molecule has 0 bridgehead atoms. The fraction of sp³-hybridized carbons (Fsp3) is 0.833. The van der Waals surface area contributed by atoms with E-state index in [0.717, 1.165) is 32.7 Å². The second-order valence-electron chi connectivity index (χ2n) is 4.80. The topological polar surface area (TPSA) is 64.7 Å². The molecule has 6 heteroatoms. The van der Waals surface area contributed by atoms with Gasteiger partial charge in [0.05, 0.1) is 6.54 Å². The van der Waals surface area contributed by atoms with Gasteiger partial charge in [0.25, 0.3) is 0 Å². The molecule has 2 N–H and O–H groups in total. The summed E-state index contributed by atoms with van der Waals surface area (Å²) < 4.78 is 0. The van der Waals surface area contributed by atoms with E-state index in [1.54, 1.807) is 0 Å². The van der Waals surface area contributed by atoms with Crippen molar-refractivity contribution in [1.82, 2.24) is 20.4 Å². The Labute approximate surface area is 109 Å². The van der Waals surface area contributed by atoms with Crippen LogP contribution in [0, 0.1) is 0 Å². The Morgan fingerprint density at radius 1 is 1.17 bits per heavy atom. The standard InChI is InChI=1S/C12H24N4O2/c1-4-15-5-7-16(8-6-15)11(17)9-13-12(18)14-10(2)3/h10H,4-9H2,1-3H3,(H2,13,14,18). The second kappa shape index (κ2) is 7.20. The summed E-state index contributed by atoms with van der Waals surface area (Å²) in [7, 11) is 0. The van der Waals surface area contributed by atoms with Crippen LogP contribution >= 0.6 is 0 Å². The predicted molar refractivity (Wildman–Crippen MR) is 70.4 cm³/mol. The Hall–Kier alpha value is -1.30. The molecule has 3 amide bonds. The van der Waals surface area contributed by atoms with Crippen LogP contribution in [0.15, 0.2) is 0 Å². The molecule has 0 aromatic carbocycles. The van der Waals surface area contributed by atoms with Crippen LogP contribution in [0.5, 0.6) is 0 Å². The summed E-state index contributed by atoms with van der Waals surface area (Å²) in [5.41, 5.74) is 0. The smallest absolute Gasteiger partial charge is 0.315 e. The molecule has 0 saturated carbocycles. The zero-order valence-corrected chi connectivity index (χ0v) is 11.5. The number of nitrogens with zero attached hydrogens (tertiary/aromatic N) is 2. The molecule has 18 heavy (non-hydrogen) atoms. The third-order valence-corrected chi connectivity index (χ3v) is 2.99. The van der Waals surface area contributed by atoms with Crippen LogP contribution < -0.4 is 10.6 Å². The number of urea groups is 1. The van der Waals surface area contributed by atoms with E-state index in [9.17, 15) is 9.59 Å². The molecular formula is C12H24N4O2. The minimum absolute atomic E-state index is 0.00957. The fourth-order valence-corrected chi connectivity index (χ4v) is 1.89. The molecule has 104 valence electrons. The summed E-state index contributed by atoms with van der Waals surface area (Å²) in [5.74, 6) is -0.00957. The summed E-state index contributed by atoms with van der Waals surface area (Å²) in [6.07, 6.45) is 0. The molecule has 1 aliphatic rings. The van der Waals surface area contributed by atoms with Crippen molar-refractivity contribution in [2.75, 3.05) is 39.3 Å². The summed E-state index contributed by atoms with van der Waals surface area (Å²) in [6.45, 7) is 10.3. The highest BCUT2D eigenvalue weighted by Gasteiger charge is 2.20. The van der Waals surface area contributed by atoms with Crippen LogP contribution in [-0.4, -0.2) is 67.0 Å². The number of nitrogens with one attached hydrogen (secondary N) is 2. The molecule has 0 atom stereocenters. The van der Waals surface area contributed by atoms with Crippen molar-refractivity contribution in [2.24, 2.45) is 0 Å². The molecule has 0 radical (unpaired) electrons. The number of carbonyl (C=O) groups is 2. The summed E-state index contributed by atoms with van der Waals surface area (Å²) >= 11 is 0. The minimum Gasteiger partial charge on any atom is -0.339 e. The van der Waals surface area contributed by atoms with Gasteiger partial charge in [-0.1, -0.05) is 6.92 Å². The molecule has 0 aromatic heterocycles. The monoisotopic (exact) mass is 256 g/mol. The summed E-state index contributed by atoms with van der Waals surface area (Å²) in [5, 5.41) is 5.27. The third-order valence-electron chi connectivity index (χ3n) is 2.99. The van der Waals surface area contributed by atoms with Crippen molar-refractivity contribution in [2.45, 2.75) is 26.8 Å². The molecule has 1 aliphatic heterocycles. The average Bonchev–Trinajstić information content (AvgIpc) is 2.35. The quantitative estimate of drug-likeness (QED) is 0.736. The number of carbonyl (C=O) groups excluding carboxylic acids is 2. The van der Waals surface area contributed by atoms with E-state index >= 15 is 0 Å². The zero-order valence-electron chi connectivity index (χ0n) is 11.5. The fourth-order valence-electron chi connectivity index (χ4n) is 1.89. The van der Waals surface area contributed by atoms with E-state index in [4.69, 9.17) is 0 Å². The van der Waals surface area contributed by atoms with Gasteiger partial charge in [0.1, 0.15) is 0 Å². The normalized spacial score (nSPS) is 16.8. The Morgan fingerprint density at radius 3 is 2.28 bits per heavy atom. The molecule has 1 fully saturated rings. The molecule has 0 aliphatic carbocycles. The first-order chi connectivity index (χ1) is 8.52. The van der Waals surface area contributed by atoms with E-state index < -0.39 is 0 Å². The Morgan fingerprint density at radius 2 is 1.78 bits per heavy atom. The van der Waals surface area contributed by atoms with E-state index in [2.05, 4.69) is 22.5 Å². The average molecular weight is 256 g/mol. The lowest BCUT2D eigenvalue weighted by Crippen LogP contribution is -2.52. The number of hydrogen-bond donors (Lipinski definition) is 2. The molecule has 0 unspecified atom stereocenters. The SMILES string of the molecule is CCN1CCN(C(=O)CNC(=O)NC(C)C)CC1. The number of likely N-dealkylation sites (N-methyl/N-ethyl adjacent to an activating group) is 1. The largest absolute Gasteiger partial charge is 0.339 e. The van der Waals surface area contributed by atoms with E-state index in [1.165, 1.54) is 0 Å². The molecule has 0 aromatic rings. The molecule has 1 saturated heterocycles. The van der Waals surface area contributed by atoms with Crippen molar-refractivity contribution >= 4 is 11.9 Å². The van der Waals surface area contributed by atoms with Crippen molar-refractivity contribution in [1.29, 1.82) is 0 Å². The van der Waals surface area contributed by atoms with Crippen molar-refractivity contribution in [3.8, 4) is 0 Å². The van der Waals surface area contributed by atoms with Gasteiger partial charge in [-0.15, -0.1) is 0 Å². The summed E-state index contributed by atoms with van der Waals surface area (Å²) in [4.78, 5) is 27.3. The van der Waals surface area contributed by atoms with Gasteiger partial charge in [0.2, 0.25) is 5.91 Å². The lowest BCUT2D eigenvalue weighted by molar-refractivity contribution is -0.131. The molecule has 0 spiro atoms. The minimum atomic E-state index is -0.287. The van der Waals surface area contributed by atoms with Crippen LogP contribution in [0.4, 0.5) is 4.79 Å². The zero-order chi connectivity index (χ0) is 13.5. The van der Waals surface area contributed by atoms with Gasteiger partial charge in [-0.05, 0) is 20.4 Å². The summed E-state index contributed by atoms with van der Waals surface area (Å²) in [6, 6.07) is -0.209. The van der Waals surface area contributed by atoms with Crippen LogP contribution in [-0.2, 0) is 4.79 Å². The van der Waals surface area contributed by atoms with Crippen molar-refractivity contribution in [3.05, 3.63) is 0 Å². The van der Waals surface area contributed by atoms with Gasteiger partial charge >= 0.3 is 6.03 Å². The van der Waals surface area contributed by atoms with E-state index in [0.29, 0.717) is 0 Å². The highest BCUT2D eigenvalue weighted by atomic mass is 16.2. The van der Waals surface area contributed by atoms with Crippen LogP contribution in [0.2, 0.25) is 0 Å². The third kappa shape index (κ3) is 4.91. The number of hydrogen-bond acceptors (Lipinski definition) is 3. The van der Waals surface area contributed by atoms with Crippen LogP contribution in [0.1, 0.15) is 20.8 Å².